The molecule has 2 heteroatoms. The van der Waals surface area contributed by atoms with E-state index in [0.29, 0.717) is 11.8 Å². The molecule has 1 aromatic carbocycles. The van der Waals surface area contributed by atoms with Gasteiger partial charge in [-0.15, -0.1) is 0 Å². The second kappa shape index (κ2) is 7.63. The van der Waals surface area contributed by atoms with Crippen LogP contribution in [-0.4, -0.2) is 5.91 Å². The van der Waals surface area contributed by atoms with Gasteiger partial charge in [-0.1, -0.05) is 42.0 Å². The van der Waals surface area contributed by atoms with E-state index in [2.05, 4.69) is 36.5 Å². The van der Waals surface area contributed by atoms with Crippen LogP contribution in [0.25, 0.3) is 0 Å². The third kappa shape index (κ3) is 4.34. The Morgan fingerprint density at radius 2 is 1.39 bits per heavy atom. The summed E-state index contributed by atoms with van der Waals surface area (Å²) in [7, 11) is 0. The molecule has 0 unspecified atom stereocenters. The number of fused-ring (bicyclic) bond motifs is 1. The third-order valence-electron chi connectivity index (χ3n) is 5.12. The quantitative estimate of drug-likeness (QED) is 0.742. The van der Waals surface area contributed by atoms with Crippen LogP contribution in [0.2, 0.25) is 0 Å². The molecule has 1 saturated carbocycles. The molecule has 1 aromatic rings. The molecule has 122 valence electrons. The van der Waals surface area contributed by atoms with Crippen molar-refractivity contribution in [3.05, 3.63) is 54.1 Å². The summed E-state index contributed by atoms with van der Waals surface area (Å²) in [6, 6.07) is 8.08. The van der Waals surface area contributed by atoms with E-state index in [1.807, 2.05) is 24.3 Å². The monoisotopic (exact) mass is 309 g/mol. The van der Waals surface area contributed by atoms with Gasteiger partial charge in [-0.2, -0.15) is 0 Å². The second-order valence-corrected chi connectivity index (χ2v) is 6.88. The van der Waals surface area contributed by atoms with Gasteiger partial charge in [0.15, 0.2) is 0 Å². The average molecular weight is 309 g/mol. The van der Waals surface area contributed by atoms with Crippen LogP contribution in [0.3, 0.4) is 0 Å². The Hall–Kier alpha value is -1.83. The Kier molecular flexibility index (Phi) is 5.32. The standard InChI is InChI=1S/C21H27NO/c1-16-12-14-17(15-13-16)22-21(23)20-18-10-8-6-4-2-3-5-7-9-11-19(18)20/h4-7,12-15,18-20H,2-3,8-11H2,1H3,(H,22,23)/b6-4-,7-5-/t18-,19-/m0/s1. The zero-order valence-electron chi connectivity index (χ0n) is 14.0. The lowest BCUT2D eigenvalue weighted by Crippen LogP contribution is -2.15. The maximum atomic E-state index is 12.6. The van der Waals surface area contributed by atoms with E-state index in [9.17, 15) is 4.79 Å². The Labute approximate surface area is 139 Å². The summed E-state index contributed by atoms with van der Waals surface area (Å²) >= 11 is 0. The summed E-state index contributed by atoms with van der Waals surface area (Å²) in [5.41, 5.74) is 2.14. The molecule has 2 aliphatic carbocycles. The number of carbonyl (C=O) groups excluding carboxylic acids is 1. The molecule has 0 saturated heterocycles. The minimum atomic E-state index is 0.207. The molecular weight excluding hydrogens is 282 g/mol. The number of nitrogens with one attached hydrogen (secondary N) is 1. The number of allylic oxidation sites excluding steroid dienone is 4. The van der Waals surface area contributed by atoms with Crippen molar-refractivity contribution < 1.29 is 4.79 Å². The van der Waals surface area contributed by atoms with E-state index in [1.165, 1.54) is 5.56 Å². The molecule has 0 radical (unpaired) electrons. The van der Waals surface area contributed by atoms with Gasteiger partial charge in [0.25, 0.3) is 0 Å². The summed E-state index contributed by atoms with van der Waals surface area (Å²) in [5.74, 6) is 1.56. The predicted molar refractivity (Wildman–Crippen MR) is 96.3 cm³/mol. The van der Waals surface area contributed by atoms with Crippen LogP contribution in [0.15, 0.2) is 48.6 Å². The zero-order valence-corrected chi connectivity index (χ0v) is 14.0. The Morgan fingerprint density at radius 3 is 1.96 bits per heavy atom. The number of rotatable bonds is 2. The van der Waals surface area contributed by atoms with Gasteiger partial charge in [0, 0.05) is 11.6 Å². The van der Waals surface area contributed by atoms with Crippen LogP contribution >= 0.6 is 0 Å². The molecule has 3 rings (SSSR count). The maximum Gasteiger partial charge on any atom is 0.228 e. The molecule has 2 atom stereocenters. The van der Waals surface area contributed by atoms with Gasteiger partial charge >= 0.3 is 0 Å². The molecule has 2 aliphatic rings. The highest BCUT2D eigenvalue weighted by Crippen LogP contribution is 2.52. The van der Waals surface area contributed by atoms with Gasteiger partial charge in [0.1, 0.15) is 0 Å². The van der Waals surface area contributed by atoms with Crippen LogP contribution in [0.1, 0.15) is 44.1 Å². The summed E-state index contributed by atoms with van der Waals surface area (Å²) in [6.45, 7) is 2.06. The van der Waals surface area contributed by atoms with Crippen LogP contribution in [0.4, 0.5) is 5.69 Å². The second-order valence-electron chi connectivity index (χ2n) is 6.88. The lowest BCUT2D eigenvalue weighted by molar-refractivity contribution is -0.117. The largest absolute Gasteiger partial charge is 0.326 e. The molecule has 23 heavy (non-hydrogen) atoms. The number of hydrogen-bond donors (Lipinski definition) is 1. The molecule has 0 heterocycles. The van der Waals surface area contributed by atoms with Gasteiger partial charge < -0.3 is 5.32 Å². The third-order valence-corrected chi connectivity index (χ3v) is 5.12. The van der Waals surface area contributed by atoms with Crippen molar-refractivity contribution in [2.45, 2.75) is 45.4 Å². The minimum absolute atomic E-state index is 0.207. The zero-order chi connectivity index (χ0) is 16.1. The summed E-state index contributed by atoms with van der Waals surface area (Å²) in [5, 5.41) is 3.11. The smallest absolute Gasteiger partial charge is 0.228 e. The van der Waals surface area contributed by atoms with E-state index in [0.717, 1.165) is 44.2 Å². The molecule has 0 spiro atoms. The van der Waals surface area contributed by atoms with Crippen molar-refractivity contribution in [1.29, 1.82) is 0 Å². The first-order valence-electron chi connectivity index (χ1n) is 8.93. The number of carbonyl (C=O) groups is 1. The Morgan fingerprint density at radius 1 is 0.870 bits per heavy atom. The van der Waals surface area contributed by atoms with Crippen LogP contribution in [0.5, 0.6) is 0 Å². The highest BCUT2D eigenvalue weighted by molar-refractivity contribution is 5.94. The number of hydrogen-bond acceptors (Lipinski definition) is 1. The summed E-state index contributed by atoms with van der Waals surface area (Å²) < 4.78 is 0. The van der Waals surface area contributed by atoms with E-state index in [1.54, 1.807) is 0 Å². The van der Waals surface area contributed by atoms with Crippen molar-refractivity contribution in [2.75, 3.05) is 5.32 Å². The topological polar surface area (TPSA) is 29.1 Å². The minimum Gasteiger partial charge on any atom is -0.326 e. The van der Waals surface area contributed by atoms with Crippen molar-refractivity contribution in [2.24, 2.45) is 17.8 Å². The highest BCUT2D eigenvalue weighted by atomic mass is 16.2. The van der Waals surface area contributed by atoms with Crippen LogP contribution < -0.4 is 5.32 Å². The lowest BCUT2D eigenvalue weighted by atomic mass is 10.1. The van der Waals surface area contributed by atoms with E-state index >= 15 is 0 Å². The van der Waals surface area contributed by atoms with Crippen LogP contribution in [0, 0.1) is 24.7 Å². The van der Waals surface area contributed by atoms with Crippen molar-refractivity contribution >= 4 is 11.6 Å². The van der Waals surface area contributed by atoms with Crippen molar-refractivity contribution in [3.8, 4) is 0 Å². The normalized spacial score (nSPS) is 30.2. The highest BCUT2D eigenvalue weighted by Gasteiger charge is 2.52. The molecule has 0 bridgehead atoms. The first-order chi connectivity index (χ1) is 11.3. The van der Waals surface area contributed by atoms with Gasteiger partial charge in [-0.25, -0.2) is 0 Å². The summed E-state index contributed by atoms with van der Waals surface area (Å²) in [6.07, 6.45) is 15.9. The average Bonchev–Trinajstić information content (AvgIpc) is 3.22. The first-order valence-corrected chi connectivity index (χ1v) is 8.93. The maximum absolute atomic E-state index is 12.6. The first kappa shape index (κ1) is 16.0. The lowest BCUT2D eigenvalue weighted by Gasteiger charge is -2.05. The van der Waals surface area contributed by atoms with E-state index in [-0.39, 0.29) is 11.8 Å². The van der Waals surface area contributed by atoms with Gasteiger partial charge in [0.05, 0.1) is 0 Å². The SMILES string of the molecule is Cc1ccc(NC(=O)C2[C@H]3CC/C=C\CC/C=C\CC[C@H]23)cc1. The number of anilines is 1. The number of benzene rings is 1. The number of aryl methyl sites for hydroxylation is 1. The van der Waals surface area contributed by atoms with Crippen molar-refractivity contribution in [1.82, 2.24) is 0 Å². The molecule has 1 fully saturated rings. The predicted octanol–water partition coefficient (Wildman–Crippen LogP) is 5.26. The summed E-state index contributed by atoms with van der Waals surface area (Å²) in [4.78, 5) is 12.6. The molecular formula is C21H27NO. The van der Waals surface area contributed by atoms with E-state index in [4.69, 9.17) is 0 Å². The van der Waals surface area contributed by atoms with Crippen LogP contribution in [-0.2, 0) is 4.79 Å². The fourth-order valence-electron chi connectivity index (χ4n) is 3.72. The molecule has 1 N–H and O–H groups in total. The molecule has 1 amide bonds. The van der Waals surface area contributed by atoms with Gasteiger partial charge in [-0.3, -0.25) is 4.79 Å². The Balaban J connectivity index is 1.60. The molecule has 2 nitrogen and oxygen atoms in total. The fourth-order valence-corrected chi connectivity index (χ4v) is 3.72. The molecule has 0 aliphatic heterocycles. The fraction of sp³-hybridized carbons (Fsp3) is 0.476. The van der Waals surface area contributed by atoms with Gasteiger partial charge in [0.2, 0.25) is 5.91 Å². The number of amides is 1. The van der Waals surface area contributed by atoms with E-state index < -0.39 is 0 Å². The van der Waals surface area contributed by atoms with Crippen molar-refractivity contribution in [3.63, 3.8) is 0 Å². The Bertz CT molecular complexity index is 560. The molecule has 0 aromatic heterocycles. The van der Waals surface area contributed by atoms with Gasteiger partial charge in [-0.05, 0) is 69.4 Å².